The molecule has 0 bridgehead atoms. The van der Waals surface area contributed by atoms with Gasteiger partial charge in [-0.15, -0.1) is 0 Å². The largest absolute Gasteiger partial charge is 0.495 e. The van der Waals surface area contributed by atoms with Crippen LogP contribution in [0.1, 0.15) is 19.8 Å². The molecule has 2 rings (SSSR count). The molecule has 0 spiro atoms. The molecule has 7 heteroatoms. The van der Waals surface area contributed by atoms with Gasteiger partial charge in [0.1, 0.15) is 5.75 Å². The van der Waals surface area contributed by atoms with Gasteiger partial charge in [0.2, 0.25) is 10.0 Å². The van der Waals surface area contributed by atoms with Gasteiger partial charge >= 0.3 is 0 Å². The summed E-state index contributed by atoms with van der Waals surface area (Å²) in [6, 6.07) is 4.43. The smallest absolute Gasteiger partial charge is 0.243 e. The first-order valence-corrected chi connectivity index (χ1v) is 7.86. The fourth-order valence-electron chi connectivity index (χ4n) is 2.23. The highest BCUT2D eigenvalue weighted by atomic mass is 32.2. The Labute approximate surface area is 119 Å². The van der Waals surface area contributed by atoms with Gasteiger partial charge in [-0.2, -0.15) is 4.31 Å². The van der Waals surface area contributed by atoms with Gasteiger partial charge < -0.3 is 15.6 Å². The number of piperidine rings is 1. The molecule has 0 amide bonds. The van der Waals surface area contributed by atoms with E-state index in [9.17, 15) is 13.5 Å². The van der Waals surface area contributed by atoms with Crippen molar-refractivity contribution in [2.75, 3.05) is 25.9 Å². The number of benzene rings is 1. The first-order valence-electron chi connectivity index (χ1n) is 6.42. The summed E-state index contributed by atoms with van der Waals surface area (Å²) in [5, 5.41) is 9.88. The second kappa shape index (κ2) is 5.23. The highest BCUT2D eigenvalue weighted by Gasteiger charge is 2.34. The highest BCUT2D eigenvalue weighted by molar-refractivity contribution is 7.89. The van der Waals surface area contributed by atoms with Crippen molar-refractivity contribution < 1.29 is 18.3 Å². The molecule has 1 saturated heterocycles. The fourth-order valence-corrected chi connectivity index (χ4v) is 3.71. The molecule has 6 nitrogen and oxygen atoms in total. The van der Waals surface area contributed by atoms with Crippen molar-refractivity contribution in [3.63, 3.8) is 0 Å². The molecule has 1 aliphatic rings. The van der Waals surface area contributed by atoms with E-state index in [1.807, 2.05) is 0 Å². The van der Waals surface area contributed by atoms with E-state index in [-0.39, 0.29) is 10.6 Å². The summed E-state index contributed by atoms with van der Waals surface area (Å²) in [5.41, 5.74) is 5.26. The molecule has 0 aromatic heterocycles. The zero-order chi connectivity index (χ0) is 15.0. The molecule has 0 saturated carbocycles. The number of ether oxygens (including phenoxy) is 1. The van der Waals surface area contributed by atoms with E-state index in [1.54, 1.807) is 13.0 Å². The van der Waals surface area contributed by atoms with Gasteiger partial charge in [0, 0.05) is 13.1 Å². The van der Waals surface area contributed by atoms with Crippen LogP contribution in [0.25, 0.3) is 0 Å². The van der Waals surface area contributed by atoms with E-state index in [0.717, 1.165) is 0 Å². The number of anilines is 1. The second-order valence-corrected chi connectivity index (χ2v) is 7.24. The van der Waals surface area contributed by atoms with Crippen molar-refractivity contribution in [3.8, 4) is 5.75 Å². The van der Waals surface area contributed by atoms with E-state index in [2.05, 4.69) is 0 Å². The van der Waals surface area contributed by atoms with Gasteiger partial charge in [0.25, 0.3) is 0 Å². The average molecular weight is 300 g/mol. The first-order chi connectivity index (χ1) is 9.26. The summed E-state index contributed by atoms with van der Waals surface area (Å²) in [5.74, 6) is 0.450. The maximum Gasteiger partial charge on any atom is 0.243 e. The number of nitrogens with two attached hydrogens (primary N) is 1. The summed E-state index contributed by atoms with van der Waals surface area (Å²) >= 11 is 0. The predicted molar refractivity (Wildman–Crippen MR) is 76.0 cm³/mol. The van der Waals surface area contributed by atoms with Crippen LogP contribution in [0.15, 0.2) is 23.1 Å². The van der Waals surface area contributed by atoms with Gasteiger partial charge in [-0.25, -0.2) is 8.42 Å². The van der Waals surface area contributed by atoms with E-state index >= 15 is 0 Å². The number of nitrogens with zero attached hydrogens (tertiary/aromatic N) is 1. The normalized spacial score (nSPS) is 19.8. The molecule has 20 heavy (non-hydrogen) atoms. The van der Waals surface area contributed by atoms with Crippen LogP contribution in [0.5, 0.6) is 5.75 Å². The third-order valence-electron chi connectivity index (χ3n) is 3.64. The highest BCUT2D eigenvalue weighted by Crippen LogP contribution is 2.29. The quantitative estimate of drug-likeness (QED) is 0.806. The number of hydrogen-bond acceptors (Lipinski definition) is 5. The van der Waals surface area contributed by atoms with Crippen LogP contribution in [-0.4, -0.2) is 43.6 Å². The van der Waals surface area contributed by atoms with Crippen LogP contribution in [-0.2, 0) is 10.0 Å². The Morgan fingerprint density at radius 3 is 2.45 bits per heavy atom. The lowest BCUT2D eigenvalue weighted by Crippen LogP contribution is -2.45. The van der Waals surface area contributed by atoms with Crippen LogP contribution >= 0.6 is 0 Å². The Morgan fingerprint density at radius 1 is 1.35 bits per heavy atom. The Bertz CT molecular complexity index is 588. The lowest BCUT2D eigenvalue weighted by Gasteiger charge is -2.35. The molecule has 1 aliphatic heterocycles. The van der Waals surface area contributed by atoms with Crippen molar-refractivity contribution in [1.29, 1.82) is 0 Å². The van der Waals surface area contributed by atoms with Crippen LogP contribution in [0, 0.1) is 0 Å². The van der Waals surface area contributed by atoms with Gasteiger partial charge in [-0.1, -0.05) is 0 Å². The van der Waals surface area contributed by atoms with Gasteiger partial charge in [0.05, 0.1) is 23.3 Å². The summed E-state index contributed by atoms with van der Waals surface area (Å²) in [4.78, 5) is 0.150. The third kappa shape index (κ3) is 2.89. The zero-order valence-corrected chi connectivity index (χ0v) is 12.5. The fraction of sp³-hybridized carbons (Fsp3) is 0.538. The molecule has 1 aromatic carbocycles. The monoisotopic (exact) mass is 300 g/mol. The lowest BCUT2D eigenvalue weighted by molar-refractivity contribution is 0.0126. The molecule has 0 atom stereocenters. The van der Waals surface area contributed by atoms with Crippen molar-refractivity contribution in [2.45, 2.75) is 30.3 Å². The number of methoxy groups -OCH3 is 1. The Hall–Kier alpha value is -1.31. The topological polar surface area (TPSA) is 92.9 Å². The van der Waals surface area contributed by atoms with Crippen molar-refractivity contribution in [3.05, 3.63) is 18.2 Å². The van der Waals surface area contributed by atoms with Crippen LogP contribution in [0.4, 0.5) is 5.69 Å². The van der Waals surface area contributed by atoms with E-state index in [4.69, 9.17) is 10.5 Å². The van der Waals surface area contributed by atoms with Crippen molar-refractivity contribution in [1.82, 2.24) is 4.31 Å². The van der Waals surface area contributed by atoms with E-state index in [0.29, 0.717) is 31.7 Å². The SMILES string of the molecule is COc1ccc(S(=O)(=O)N2CCC(C)(O)CC2)cc1N. The summed E-state index contributed by atoms with van der Waals surface area (Å²) in [7, 11) is -2.09. The minimum absolute atomic E-state index is 0.150. The number of sulfonamides is 1. The average Bonchev–Trinajstić information content (AvgIpc) is 2.38. The number of hydrogen-bond donors (Lipinski definition) is 2. The lowest BCUT2D eigenvalue weighted by atomic mass is 9.95. The minimum Gasteiger partial charge on any atom is -0.495 e. The summed E-state index contributed by atoms with van der Waals surface area (Å²) < 4.78 is 31.4. The maximum atomic E-state index is 12.5. The van der Waals surface area contributed by atoms with Gasteiger partial charge in [-0.3, -0.25) is 0 Å². The summed E-state index contributed by atoms with van der Waals surface area (Å²) in [6.07, 6.45) is 0.857. The Balaban J connectivity index is 2.25. The standard InChI is InChI=1S/C13H20N2O4S/c1-13(16)5-7-15(8-6-13)20(17,18)10-3-4-12(19-2)11(14)9-10/h3-4,9,16H,5-8,14H2,1-2H3. The maximum absolute atomic E-state index is 12.5. The number of rotatable bonds is 3. The molecule has 1 fully saturated rings. The molecular weight excluding hydrogens is 280 g/mol. The molecule has 0 radical (unpaired) electrons. The van der Waals surface area contributed by atoms with E-state index < -0.39 is 15.6 Å². The Morgan fingerprint density at radius 2 is 1.95 bits per heavy atom. The van der Waals surface area contributed by atoms with Crippen molar-refractivity contribution >= 4 is 15.7 Å². The van der Waals surface area contributed by atoms with E-state index in [1.165, 1.54) is 23.5 Å². The van der Waals surface area contributed by atoms with Gasteiger partial charge in [0.15, 0.2) is 0 Å². The molecule has 0 unspecified atom stereocenters. The number of aliphatic hydroxyl groups is 1. The zero-order valence-electron chi connectivity index (χ0n) is 11.7. The van der Waals surface area contributed by atoms with Crippen LogP contribution in [0.2, 0.25) is 0 Å². The molecule has 1 aromatic rings. The third-order valence-corrected chi connectivity index (χ3v) is 5.53. The first kappa shape index (κ1) is 15.1. The Kier molecular flexibility index (Phi) is 3.95. The second-order valence-electron chi connectivity index (χ2n) is 5.30. The van der Waals surface area contributed by atoms with Crippen molar-refractivity contribution in [2.24, 2.45) is 0 Å². The number of nitrogen functional groups attached to an aromatic ring is 1. The summed E-state index contributed by atoms with van der Waals surface area (Å²) in [6.45, 7) is 2.34. The molecular formula is C13H20N2O4S. The molecule has 112 valence electrons. The molecule has 1 heterocycles. The predicted octanol–water partition coefficient (Wildman–Crippen LogP) is 0.813. The van der Waals surface area contributed by atoms with Crippen LogP contribution < -0.4 is 10.5 Å². The molecule has 0 aliphatic carbocycles. The van der Waals surface area contributed by atoms with Crippen LogP contribution in [0.3, 0.4) is 0 Å². The van der Waals surface area contributed by atoms with Gasteiger partial charge in [-0.05, 0) is 38.0 Å². The molecule has 3 N–H and O–H groups in total. The minimum atomic E-state index is -3.57.